The van der Waals surface area contributed by atoms with Crippen molar-refractivity contribution in [2.45, 2.75) is 31.5 Å². The van der Waals surface area contributed by atoms with Gasteiger partial charge in [0.1, 0.15) is 12.4 Å². The first-order valence-corrected chi connectivity index (χ1v) is 8.14. The van der Waals surface area contributed by atoms with Crippen molar-refractivity contribution < 1.29 is 18.7 Å². The van der Waals surface area contributed by atoms with Gasteiger partial charge >= 0.3 is 0 Å². The topological polar surface area (TPSA) is 38.8 Å². The zero-order valence-corrected chi connectivity index (χ0v) is 13.2. The summed E-state index contributed by atoms with van der Waals surface area (Å²) < 4.78 is 24.6. The molecule has 0 radical (unpaired) electrons. The molecule has 2 aromatic carbocycles. The lowest BCUT2D eigenvalue weighted by atomic mass is 10.2. The number of hydrogen-bond donors (Lipinski definition) is 0. The fraction of sp³-hybridized carbons (Fsp3) is 0.316. The van der Waals surface area contributed by atoms with E-state index in [0.717, 1.165) is 18.4 Å². The maximum Gasteiger partial charge on any atom is 0.267 e. The highest BCUT2D eigenvalue weighted by molar-refractivity contribution is 5.82. The third-order valence-corrected chi connectivity index (χ3v) is 4.32. The summed E-state index contributed by atoms with van der Waals surface area (Å²) in [6.07, 6.45) is 1.36. The summed E-state index contributed by atoms with van der Waals surface area (Å²) in [7, 11) is 0. The van der Waals surface area contributed by atoms with Gasteiger partial charge < -0.3 is 14.4 Å². The Balaban J connectivity index is 1.49. The maximum absolute atomic E-state index is 13.1. The molecule has 0 aromatic heterocycles. The summed E-state index contributed by atoms with van der Waals surface area (Å²) in [4.78, 5) is 14.7. The Hall–Kier alpha value is -2.56. The summed E-state index contributed by atoms with van der Waals surface area (Å²) >= 11 is 0. The molecule has 4 rings (SSSR count). The largest absolute Gasteiger partial charge is 0.485 e. The lowest BCUT2D eigenvalue weighted by Gasteiger charge is -2.31. The molecule has 2 aliphatic rings. The van der Waals surface area contributed by atoms with E-state index in [1.165, 1.54) is 12.1 Å². The third kappa shape index (κ3) is 3.07. The molecular weight excluding hydrogens is 309 g/mol. The van der Waals surface area contributed by atoms with Gasteiger partial charge in [-0.3, -0.25) is 4.79 Å². The number of ether oxygens (including phenoxy) is 2. The van der Waals surface area contributed by atoms with Crippen molar-refractivity contribution in [3.8, 4) is 11.5 Å². The van der Waals surface area contributed by atoms with Gasteiger partial charge in [-0.15, -0.1) is 0 Å². The minimum atomic E-state index is -0.638. The van der Waals surface area contributed by atoms with Crippen LogP contribution in [-0.2, 0) is 11.3 Å². The Bertz CT molecular complexity index is 743. The van der Waals surface area contributed by atoms with Gasteiger partial charge in [-0.25, -0.2) is 4.39 Å². The third-order valence-electron chi connectivity index (χ3n) is 4.32. The first kappa shape index (κ1) is 15.0. The van der Waals surface area contributed by atoms with Gasteiger partial charge in [0, 0.05) is 12.6 Å². The van der Waals surface area contributed by atoms with Crippen LogP contribution >= 0.6 is 0 Å². The van der Waals surface area contributed by atoms with E-state index >= 15 is 0 Å². The van der Waals surface area contributed by atoms with Gasteiger partial charge in [0.05, 0.1) is 0 Å². The summed E-state index contributed by atoms with van der Waals surface area (Å²) in [5, 5.41) is 0. The van der Waals surface area contributed by atoms with E-state index in [4.69, 9.17) is 9.47 Å². The number of para-hydroxylation sites is 2. The van der Waals surface area contributed by atoms with E-state index in [-0.39, 0.29) is 24.4 Å². The number of carbonyl (C=O) groups is 1. The predicted molar refractivity (Wildman–Crippen MR) is 86.3 cm³/mol. The van der Waals surface area contributed by atoms with Crippen LogP contribution < -0.4 is 9.47 Å². The molecule has 1 heterocycles. The number of nitrogens with zero attached hydrogens (tertiary/aromatic N) is 1. The second kappa shape index (κ2) is 6.15. The predicted octanol–water partition coefficient (Wildman–Crippen LogP) is 3.16. The first-order valence-electron chi connectivity index (χ1n) is 8.14. The average molecular weight is 327 g/mol. The molecule has 0 spiro atoms. The summed E-state index contributed by atoms with van der Waals surface area (Å²) in [5.41, 5.74) is 0.911. The quantitative estimate of drug-likeness (QED) is 0.866. The van der Waals surface area contributed by atoms with Crippen LogP contribution in [0, 0.1) is 5.82 Å². The molecule has 1 saturated carbocycles. The molecule has 1 amide bonds. The lowest BCUT2D eigenvalue weighted by Crippen LogP contribution is -2.47. The highest BCUT2D eigenvalue weighted by Gasteiger charge is 2.38. The second-order valence-corrected chi connectivity index (χ2v) is 6.19. The Morgan fingerprint density at radius 2 is 1.79 bits per heavy atom. The number of fused-ring (bicyclic) bond motifs is 1. The monoisotopic (exact) mass is 327 g/mol. The van der Waals surface area contributed by atoms with Crippen LogP contribution in [0.3, 0.4) is 0 Å². The maximum atomic E-state index is 13.1. The molecule has 0 N–H and O–H groups in total. The Morgan fingerprint density at radius 3 is 2.50 bits per heavy atom. The minimum Gasteiger partial charge on any atom is -0.485 e. The Morgan fingerprint density at radius 1 is 1.08 bits per heavy atom. The Kier molecular flexibility index (Phi) is 3.84. The second-order valence-electron chi connectivity index (χ2n) is 6.19. The molecule has 4 nitrogen and oxygen atoms in total. The molecule has 2 aromatic rings. The number of rotatable bonds is 4. The molecule has 1 fully saturated rings. The van der Waals surface area contributed by atoms with Crippen molar-refractivity contribution in [3.05, 3.63) is 59.9 Å². The van der Waals surface area contributed by atoms with E-state index in [9.17, 15) is 9.18 Å². The van der Waals surface area contributed by atoms with Crippen LogP contribution in [0.1, 0.15) is 18.4 Å². The van der Waals surface area contributed by atoms with Gasteiger partial charge in [-0.1, -0.05) is 24.3 Å². The molecule has 0 bridgehead atoms. The van der Waals surface area contributed by atoms with Gasteiger partial charge in [-0.2, -0.15) is 0 Å². The number of benzene rings is 2. The molecule has 5 heteroatoms. The summed E-state index contributed by atoms with van der Waals surface area (Å²) in [5.74, 6) is 0.915. The molecule has 0 saturated heterocycles. The van der Waals surface area contributed by atoms with Crippen LogP contribution in [0.15, 0.2) is 48.5 Å². The van der Waals surface area contributed by atoms with Crippen LogP contribution in [0.25, 0.3) is 0 Å². The van der Waals surface area contributed by atoms with Crippen LogP contribution in [-0.4, -0.2) is 29.6 Å². The zero-order chi connectivity index (χ0) is 16.5. The summed E-state index contributed by atoms with van der Waals surface area (Å²) in [6.45, 7) is 0.674. The molecule has 1 aliphatic heterocycles. The highest BCUT2D eigenvalue weighted by Crippen LogP contribution is 2.34. The molecule has 124 valence electrons. The van der Waals surface area contributed by atoms with Crippen molar-refractivity contribution in [3.63, 3.8) is 0 Å². The smallest absolute Gasteiger partial charge is 0.267 e. The molecular formula is C19H18FNO3. The molecule has 24 heavy (non-hydrogen) atoms. The first-order chi connectivity index (χ1) is 11.7. The summed E-state index contributed by atoms with van der Waals surface area (Å²) in [6, 6.07) is 13.9. The standard InChI is InChI=1S/C19H18FNO3/c20-14-7-5-13(6-8-14)11-21(15-9-10-15)19(22)18-12-23-16-3-1-2-4-17(16)24-18/h1-8,15,18H,9-12H2. The van der Waals surface area contributed by atoms with E-state index in [1.54, 1.807) is 18.2 Å². The number of hydrogen-bond acceptors (Lipinski definition) is 3. The van der Waals surface area contributed by atoms with Crippen molar-refractivity contribution in [1.82, 2.24) is 4.90 Å². The van der Waals surface area contributed by atoms with Crippen molar-refractivity contribution in [1.29, 1.82) is 0 Å². The van der Waals surface area contributed by atoms with E-state index in [2.05, 4.69) is 0 Å². The van der Waals surface area contributed by atoms with Crippen LogP contribution in [0.2, 0.25) is 0 Å². The van der Waals surface area contributed by atoms with Crippen molar-refractivity contribution in [2.24, 2.45) is 0 Å². The normalized spacial score (nSPS) is 19.0. The lowest BCUT2D eigenvalue weighted by molar-refractivity contribution is -0.142. The van der Waals surface area contributed by atoms with Crippen molar-refractivity contribution in [2.75, 3.05) is 6.61 Å². The SMILES string of the molecule is O=C(C1COc2ccccc2O1)N(Cc1ccc(F)cc1)C1CC1. The van der Waals surface area contributed by atoms with E-state index < -0.39 is 6.10 Å². The van der Waals surface area contributed by atoms with Crippen molar-refractivity contribution >= 4 is 5.91 Å². The fourth-order valence-electron chi connectivity index (χ4n) is 2.89. The molecule has 1 unspecified atom stereocenters. The van der Waals surface area contributed by atoms with E-state index in [0.29, 0.717) is 18.0 Å². The number of halogens is 1. The molecule has 1 aliphatic carbocycles. The van der Waals surface area contributed by atoms with E-state index in [1.807, 2.05) is 23.1 Å². The Labute approximate surface area is 139 Å². The van der Waals surface area contributed by atoms with Gasteiger partial charge in [0.25, 0.3) is 5.91 Å². The molecule has 1 atom stereocenters. The fourth-order valence-corrected chi connectivity index (χ4v) is 2.89. The highest BCUT2D eigenvalue weighted by atomic mass is 19.1. The number of amides is 1. The zero-order valence-electron chi connectivity index (χ0n) is 13.2. The van der Waals surface area contributed by atoms with Gasteiger partial charge in [0.2, 0.25) is 6.10 Å². The van der Waals surface area contributed by atoms with Gasteiger partial charge in [-0.05, 0) is 42.7 Å². The average Bonchev–Trinajstić information content (AvgIpc) is 3.45. The number of carbonyl (C=O) groups excluding carboxylic acids is 1. The minimum absolute atomic E-state index is 0.0728. The van der Waals surface area contributed by atoms with Crippen LogP contribution in [0.5, 0.6) is 11.5 Å². The van der Waals surface area contributed by atoms with Gasteiger partial charge in [0.15, 0.2) is 11.5 Å². The van der Waals surface area contributed by atoms with Crippen LogP contribution in [0.4, 0.5) is 4.39 Å².